The Morgan fingerprint density at radius 1 is 1.13 bits per heavy atom. The van der Waals surface area contributed by atoms with Gasteiger partial charge in [-0.2, -0.15) is 10.1 Å². The Morgan fingerprint density at radius 2 is 1.90 bits per heavy atom. The van der Waals surface area contributed by atoms with Gasteiger partial charge in [-0.05, 0) is 56.5 Å². The predicted molar refractivity (Wildman–Crippen MR) is 122 cm³/mol. The van der Waals surface area contributed by atoms with Gasteiger partial charge in [0.15, 0.2) is 0 Å². The second-order valence-electron chi connectivity index (χ2n) is 7.60. The zero-order valence-electron chi connectivity index (χ0n) is 17.3. The lowest BCUT2D eigenvalue weighted by atomic mass is 10.1. The van der Waals surface area contributed by atoms with Crippen molar-refractivity contribution in [3.63, 3.8) is 0 Å². The number of anilines is 3. The van der Waals surface area contributed by atoms with E-state index in [9.17, 15) is 4.21 Å². The summed E-state index contributed by atoms with van der Waals surface area (Å²) in [6, 6.07) is 9.19. The zero-order valence-corrected chi connectivity index (χ0v) is 18.2. The first-order valence-electron chi connectivity index (χ1n) is 10.2. The molecule has 3 aromatic rings. The van der Waals surface area contributed by atoms with Gasteiger partial charge >= 0.3 is 0 Å². The number of hydrogen-bond acceptors (Lipinski definition) is 6. The SMILES string of the molecule is C/C1=N/N(C)c2cc3cnc(Nc4ccc(S(N)=O)cc4)nc3n2CCCCCC1. The van der Waals surface area contributed by atoms with Gasteiger partial charge in [0.05, 0.1) is 4.90 Å². The van der Waals surface area contributed by atoms with E-state index in [2.05, 4.69) is 27.9 Å². The van der Waals surface area contributed by atoms with Crippen molar-refractivity contribution >= 4 is 45.2 Å². The van der Waals surface area contributed by atoms with E-state index in [0.29, 0.717) is 10.8 Å². The summed E-state index contributed by atoms with van der Waals surface area (Å²) in [5.41, 5.74) is 2.85. The van der Waals surface area contributed by atoms with E-state index in [-0.39, 0.29) is 0 Å². The molecule has 3 N–H and O–H groups in total. The van der Waals surface area contributed by atoms with Gasteiger partial charge in [-0.1, -0.05) is 12.8 Å². The molecule has 3 heterocycles. The van der Waals surface area contributed by atoms with Gasteiger partial charge in [-0.15, -0.1) is 0 Å². The molecule has 158 valence electrons. The predicted octanol–water partition coefficient (Wildman–Crippen LogP) is 3.93. The van der Waals surface area contributed by atoms with Crippen molar-refractivity contribution in [3.05, 3.63) is 36.5 Å². The first-order chi connectivity index (χ1) is 14.5. The molecule has 4 rings (SSSR count). The molecule has 0 amide bonds. The number of aromatic nitrogens is 3. The highest BCUT2D eigenvalue weighted by atomic mass is 32.2. The molecule has 0 saturated carbocycles. The second kappa shape index (κ2) is 8.93. The van der Waals surface area contributed by atoms with Gasteiger partial charge in [0, 0.05) is 36.6 Å². The molecule has 8 nitrogen and oxygen atoms in total. The van der Waals surface area contributed by atoms with Gasteiger partial charge < -0.3 is 9.88 Å². The standard InChI is InChI=1S/C21H27N7OS/c1-15-7-5-3-4-6-12-28-19(27(2)26-15)13-16-14-23-21(25-20(16)28)24-17-8-10-18(11-9-17)30(22)29/h8-11,13-14H,3-7,12,22H2,1-2H3,(H,23,24,25)/b26-15-. The number of fused-ring (bicyclic) bond motifs is 3. The lowest BCUT2D eigenvalue weighted by Crippen LogP contribution is -2.16. The van der Waals surface area contributed by atoms with Crippen molar-refractivity contribution in [2.75, 3.05) is 17.4 Å². The molecule has 0 saturated heterocycles. The minimum Gasteiger partial charge on any atom is -0.324 e. The summed E-state index contributed by atoms with van der Waals surface area (Å²) in [5.74, 6) is 1.54. The third kappa shape index (κ3) is 4.52. The fourth-order valence-electron chi connectivity index (χ4n) is 3.74. The largest absolute Gasteiger partial charge is 0.324 e. The van der Waals surface area contributed by atoms with Gasteiger partial charge in [0.2, 0.25) is 5.95 Å². The van der Waals surface area contributed by atoms with Crippen LogP contribution in [0.5, 0.6) is 0 Å². The molecule has 1 aliphatic heterocycles. The second-order valence-corrected chi connectivity index (χ2v) is 8.66. The Kier molecular flexibility index (Phi) is 6.10. The van der Waals surface area contributed by atoms with Gasteiger partial charge in [0.1, 0.15) is 22.5 Å². The molecule has 0 fully saturated rings. The highest BCUT2D eigenvalue weighted by molar-refractivity contribution is 7.82. The Bertz CT molecular complexity index is 1090. The van der Waals surface area contributed by atoms with Crippen LogP contribution in [-0.2, 0) is 17.5 Å². The van der Waals surface area contributed by atoms with Crippen molar-refractivity contribution in [2.24, 2.45) is 10.2 Å². The van der Waals surface area contributed by atoms with Gasteiger partial charge in [0.25, 0.3) is 0 Å². The monoisotopic (exact) mass is 425 g/mol. The van der Waals surface area contributed by atoms with E-state index < -0.39 is 11.0 Å². The Hall–Kier alpha value is -2.78. The molecule has 0 spiro atoms. The third-order valence-corrected chi connectivity index (χ3v) is 6.01. The molecule has 1 atom stereocenters. The van der Waals surface area contributed by atoms with Crippen LogP contribution in [0.1, 0.15) is 39.0 Å². The van der Waals surface area contributed by atoms with Gasteiger partial charge in [-0.25, -0.2) is 14.3 Å². The Labute approximate surface area is 178 Å². The summed E-state index contributed by atoms with van der Waals surface area (Å²) in [5, 5.41) is 16.3. The summed E-state index contributed by atoms with van der Waals surface area (Å²) in [6.45, 7) is 2.99. The van der Waals surface area contributed by atoms with Crippen molar-refractivity contribution in [1.29, 1.82) is 0 Å². The molecule has 1 unspecified atom stereocenters. The molecular formula is C21H27N7OS. The minimum absolute atomic E-state index is 0.515. The summed E-state index contributed by atoms with van der Waals surface area (Å²) in [4.78, 5) is 9.83. The molecule has 0 bridgehead atoms. The fraction of sp³-hybridized carbons (Fsp3) is 0.381. The van der Waals surface area contributed by atoms with Crippen LogP contribution in [0.3, 0.4) is 0 Å². The van der Waals surface area contributed by atoms with Gasteiger partial charge in [-0.3, -0.25) is 5.01 Å². The molecule has 1 aromatic carbocycles. The normalized spacial score (nSPS) is 18.2. The number of benzene rings is 1. The molecular weight excluding hydrogens is 398 g/mol. The van der Waals surface area contributed by atoms with E-state index >= 15 is 0 Å². The van der Waals surface area contributed by atoms with Crippen LogP contribution < -0.4 is 15.5 Å². The number of nitrogens with zero attached hydrogens (tertiary/aromatic N) is 5. The topological polar surface area (TPSA) is 101 Å². The molecule has 30 heavy (non-hydrogen) atoms. The lowest BCUT2D eigenvalue weighted by Gasteiger charge is -2.17. The molecule has 9 heteroatoms. The Balaban J connectivity index is 1.67. The van der Waals surface area contributed by atoms with E-state index in [4.69, 9.17) is 15.2 Å². The quantitative estimate of drug-likeness (QED) is 0.662. The first kappa shape index (κ1) is 20.5. The maximum atomic E-state index is 11.4. The molecule has 0 aliphatic carbocycles. The highest BCUT2D eigenvalue weighted by Crippen LogP contribution is 2.27. The fourth-order valence-corrected chi connectivity index (χ4v) is 4.14. The van der Waals surface area contributed by atoms with Crippen LogP contribution in [0.15, 0.2) is 46.5 Å². The smallest absolute Gasteiger partial charge is 0.229 e. The van der Waals surface area contributed by atoms with Crippen LogP contribution in [0.4, 0.5) is 17.5 Å². The first-order valence-corrected chi connectivity index (χ1v) is 11.4. The van der Waals surface area contributed by atoms with Crippen LogP contribution >= 0.6 is 0 Å². The van der Waals surface area contributed by atoms with Crippen LogP contribution in [0.25, 0.3) is 11.0 Å². The highest BCUT2D eigenvalue weighted by Gasteiger charge is 2.15. The number of hydrogen-bond donors (Lipinski definition) is 2. The lowest BCUT2D eigenvalue weighted by molar-refractivity contribution is 0.586. The maximum Gasteiger partial charge on any atom is 0.229 e. The summed E-state index contributed by atoms with van der Waals surface area (Å²) in [6.07, 6.45) is 7.58. The van der Waals surface area contributed by atoms with Crippen molar-refractivity contribution in [2.45, 2.75) is 50.5 Å². The molecule has 0 radical (unpaired) electrons. The van der Waals surface area contributed by atoms with Crippen molar-refractivity contribution in [1.82, 2.24) is 14.5 Å². The number of nitrogens with two attached hydrogens (primary N) is 1. The van der Waals surface area contributed by atoms with Crippen LogP contribution in [0.2, 0.25) is 0 Å². The van der Waals surface area contributed by atoms with Crippen molar-refractivity contribution < 1.29 is 4.21 Å². The van der Waals surface area contributed by atoms with E-state index in [1.807, 2.05) is 30.4 Å². The van der Waals surface area contributed by atoms with Crippen LogP contribution in [-0.4, -0.2) is 31.5 Å². The van der Waals surface area contributed by atoms with Crippen molar-refractivity contribution in [3.8, 4) is 0 Å². The zero-order chi connectivity index (χ0) is 21.1. The summed E-state index contributed by atoms with van der Waals surface area (Å²) >= 11 is 0. The number of rotatable bonds is 3. The average Bonchev–Trinajstić information content (AvgIpc) is 3.07. The number of hydrazone groups is 1. The summed E-state index contributed by atoms with van der Waals surface area (Å²) in [7, 11) is 0.499. The summed E-state index contributed by atoms with van der Waals surface area (Å²) < 4.78 is 13.6. The van der Waals surface area contributed by atoms with E-state index in [1.165, 1.54) is 19.3 Å². The van der Waals surface area contributed by atoms with E-state index in [1.54, 1.807) is 12.1 Å². The number of nitrogens with one attached hydrogen (secondary N) is 1. The Morgan fingerprint density at radius 3 is 2.67 bits per heavy atom. The minimum atomic E-state index is -1.49. The third-order valence-electron chi connectivity index (χ3n) is 5.28. The number of aryl methyl sites for hydroxylation is 1. The maximum absolute atomic E-state index is 11.4. The molecule has 2 aromatic heterocycles. The molecule has 1 aliphatic rings. The van der Waals surface area contributed by atoms with Crippen LogP contribution in [0, 0.1) is 0 Å². The van der Waals surface area contributed by atoms with E-state index in [0.717, 1.165) is 47.6 Å². The average molecular weight is 426 g/mol.